The number of benzene rings is 2. The number of nitrogens with zero attached hydrogens (tertiary/aromatic N) is 2. The van der Waals surface area contributed by atoms with Gasteiger partial charge in [-0.05, 0) is 38.1 Å². The maximum Gasteiger partial charge on any atom is 0.448 e. The molecule has 2 aromatic carbocycles. The molecule has 0 unspecified atom stereocenters. The van der Waals surface area contributed by atoms with Crippen molar-refractivity contribution < 1.29 is 14.4 Å². The standard InChI is InChI=1S/C17H17N3O3/c1-13(2)19-23-17(22)20(15-11-7-4-8-12-15)16(21)18-14-9-5-3-6-10-14/h3-12H,1-2H3,(H,18,21). The van der Waals surface area contributed by atoms with Crippen molar-refractivity contribution in [3.05, 3.63) is 60.7 Å². The summed E-state index contributed by atoms with van der Waals surface area (Å²) in [5.74, 6) is 0. The number of para-hydroxylation sites is 2. The minimum Gasteiger partial charge on any atom is -0.307 e. The summed E-state index contributed by atoms with van der Waals surface area (Å²) in [6.07, 6.45) is -0.883. The summed E-state index contributed by atoms with van der Waals surface area (Å²) in [6.45, 7) is 3.37. The van der Waals surface area contributed by atoms with Crippen LogP contribution in [0.25, 0.3) is 0 Å². The van der Waals surface area contributed by atoms with Crippen LogP contribution in [0.4, 0.5) is 21.0 Å². The van der Waals surface area contributed by atoms with Gasteiger partial charge < -0.3 is 5.32 Å². The number of imide groups is 1. The van der Waals surface area contributed by atoms with Gasteiger partial charge in [-0.15, -0.1) is 0 Å². The first-order valence-electron chi connectivity index (χ1n) is 7.01. The second kappa shape index (κ2) is 7.74. The summed E-state index contributed by atoms with van der Waals surface area (Å²) in [5.41, 5.74) is 1.52. The molecular formula is C17H17N3O3. The highest BCUT2D eigenvalue weighted by molar-refractivity contribution is 6.16. The SMILES string of the molecule is CC(C)=NOC(=O)N(C(=O)Nc1ccccc1)c1ccccc1. The Morgan fingerprint density at radius 2 is 1.52 bits per heavy atom. The van der Waals surface area contributed by atoms with Crippen molar-refractivity contribution in [3.63, 3.8) is 0 Å². The average Bonchev–Trinajstić information content (AvgIpc) is 2.55. The molecule has 3 amide bonds. The Balaban J connectivity index is 2.24. The summed E-state index contributed by atoms with van der Waals surface area (Å²) in [5, 5.41) is 6.25. The van der Waals surface area contributed by atoms with Crippen molar-refractivity contribution in [1.29, 1.82) is 0 Å². The van der Waals surface area contributed by atoms with E-state index in [1.54, 1.807) is 68.4 Å². The Morgan fingerprint density at radius 3 is 2.09 bits per heavy atom. The van der Waals surface area contributed by atoms with Crippen LogP contribution < -0.4 is 10.2 Å². The Morgan fingerprint density at radius 1 is 0.957 bits per heavy atom. The minimum atomic E-state index is -0.883. The van der Waals surface area contributed by atoms with E-state index >= 15 is 0 Å². The van der Waals surface area contributed by atoms with Crippen LogP contribution in [0.1, 0.15) is 13.8 Å². The fraction of sp³-hybridized carbons (Fsp3) is 0.118. The fourth-order valence-electron chi connectivity index (χ4n) is 1.75. The smallest absolute Gasteiger partial charge is 0.307 e. The lowest BCUT2D eigenvalue weighted by Crippen LogP contribution is -2.40. The largest absolute Gasteiger partial charge is 0.448 e. The molecule has 23 heavy (non-hydrogen) atoms. The van der Waals surface area contributed by atoms with Gasteiger partial charge >= 0.3 is 12.1 Å². The molecule has 0 saturated heterocycles. The highest BCUT2D eigenvalue weighted by Gasteiger charge is 2.25. The molecule has 0 aliphatic rings. The minimum absolute atomic E-state index is 0.384. The molecule has 0 atom stereocenters. The van der Waals surface area contributed by atoms with Gasteiger partial charge in [-0.1, -0.05) is 41.6 Å². The number of carbonyl (C=O) groups excluding carboxylic acids is 2. The predicted octanol–water partition coefficient (Wildman–Crippen LogP) is 4.26. The molecule has 2 aromatic rings. The van der Waals surface area contributed by atoms with Crippen LogP contribution >= 0.6 is 0 Å². The van der Waals surface area contributed by atoms with Crippen molar-refractivity contribution in [1.82, 2.24) is 0 Å². The molecule has 0 aliphatic carbocycles. The van der Waals surface area contributed by atoms with Gasteiger partial charge in [0.05, 0.1) is 11.4 Å². The molecule has 2 rings (SSSR count). The van der Waals surface area contributed by atoms with Gasteiger partial charge in [0.25, 0.3) is 0 Å². The van der Waals surface area contributed by atoms with Gasteiger partial charge in [-0.2, -0.15) is 4.90 Å². The van der Waals surface area contributed by atoms with Crippen LogP contribution in [0, 0.1) is 0 Å². The van der Waals surface area contributed by atoms with E-state index in [4.69, 9.17) is 4.84 Å². The van der Waals surface area contributed by atoms with Crippen LogP contribution in [-0.4, -0.2) is 17.8 Å². The molecule has 6 nitrogen and oxygen atoms in total. The van der Waals surface area contributed by atoms with E-state index in [1.807, 2.05) is 6.07 Å². The number of anilines is 2. The molecule has 0 heterocycles. The Kier molecular flexibility index (Phi) is 5.46. The van der Waals surface area contributed by atoms with Crippen molar-refractivity contribution in [2.75, 3.05) is 10.2 Å². The lowest BCUT2D eigenvalue weighted by molar-refractivity contribution is 0.159. The molecule has 0 aromatic heterocycles. The number of rotatable bonds is 3. The third-order valence-corrected chi connectivity index (χ3v) is 2.73. The van der Waals surface area contributed by atoms with Crippen molar-refractivity contribution in [3.8, 4) is 0 Å². The summed E-state index contributed by atoms with van der Waals surface area (Å²) < 4.78 is 0. The highest BCUT2D eigenvalue weighted by atomic mass is 16.7. The maximum atomic E-state index is 12.5. The van der Waals surface area contributed by atoms with E-state index in [2.05, 4.69) is 10.5 Å². The first-order valence-corrected chi connectivity index (χ1v) is 7.01. The van der Waals surface area contributed by atoms with E-state index in [1.165, 1.54) is 0 Å². The second-order valence-corrected chi connectivity index (χ2v) is 4.86. The zero-order valence-corrected chi connectivity index (χ0v) is 12.9. The Labute approximate surface area is 134 Å². The highest BCUT2D eigenvalue weighted by Crippen LogP contribution is 2.17. The van der Waals surface area contributed by atoms with Gasteiger partial charge in [0.1, 0.15) is 0 Å². The van der Waals surface area contributed by atoms with Crippen LogP contribution in [0.3, 0.4) is 0 Å². The average molecular weight is 311 g/mol. The Hall–Kier alpha value is -3.15. The molecule has 118 valence electrons. The van der Waals surface area contributed by atoms with E-state index in [0.29, 0.717) is 17.1 Å². The zero-order valence-electron chi connectivity index (χ0n) is 12.9. The van der Waals surface area contributed by atoms with E-state index in [-0.39, 0.29) is 0 Å². The summed E-state index contributed by atoms with van der Waals surface area (Å²) in [4.78, 5) is 30.4. The van der Waals surface area contributed by atoms with E-state index in [0.717, 1.165) is 4.90 Å². The number of amides is 3. The summed E-state index contributed by atoms with van der Waals surface area (Å²) >= 11 is 0. The normalized spacial score (nSPS) is 9.65. The first-order chi connectivity index (χ1) is 11.1. The van der Waals surface area contributed by atoms with E-state index < -0.39 is 12.1 Å². The first kappa shape index (κ1) is 16.2. The van der Waals surface area contributed by atoms with Gasteiger partial charge in [0.2, 0.25) is 0 Å². The van der Waals surface area contributed by atoms with E-state index in [9.17, 15) is 9.59 Å². The molecule has 0 spiro atoms. The monoisotopic (exact) mass is 311 g/mol. The van der Waals surface area contributed by atoms with Gasteiger partial charge in [-0.3, -0.25) is 4.84 Å². The molecule has 0 fully saturated rings. The number of nitrogens with one attached hydrogen (secondary N) is 1. The van der Waals surface area contributed by atoms with Crippen molar-refractivity contribution in [2.45, 2.75) is 13.8 Å². The molecule has 1 N–H and O–H groups in total. The lowest BCUT2D eigenvalue weighted by Gasteiger charge is -2.19. The van der Waals surface area contributed by atoms with Crippen LogP contribution in [-0.2, 0) is 4.84 Å². The van der Waals surface area contributed by atoms with Crippen LogP contribution in [0.15, 0.2) is 65.8 Å². The molecule has 0 saturated carbocycles. The molecule has 0 aliphatic heterocycles. The number of oxime groups is 1. The van der Waals surface area contributed by atoms with Gasteiger partial charge in [0.15, 0.2) is 0 Å². The lowest BCUT2D eigenvalue weighted by atomic mass is 10.3. The number of hydrogen-bond donors (Lipinski definition) is 1. The van der Waals surface area contributed by atoms with Gasteiger partial charge in [0, 0.05) is 5.69 Å². The van der Waals surface area contributed by atoms with Gasteiger partial charge in [-0.25, -0.2) is 9.59 Å². The quantitative estimate of drug-likeness (QED) is 0.523. The van der Waals surface area contributed by atoms with Crippen LogP contribution in [0.2, 0.25) is 0 Å². The predicted molar refractivity (Wildman–Crippen MR) is 89.6 cm³/mol. The number of carbonyl (C=O) groups is 2. The molecule has 0 radical (unpaired) electrons. The number of urea groups is 1. The van der Waals surface area contributed by atoms with Crippen LogP contribution in [0.5, 0.6) is 0 Å². The molecule has 0 bridgehead atoms. The molecular weight excluding hydrogens is 294 g/mol. The zero-order chi connectivity index (χ0) is 16.7. The summed E-state index contributed by atoms with van der Waals surface area (Å²) in [6, 6.07) is 16.7. The third kappa shape index (κ3) is 4.67. The second-order valence-electron chi connectivity index (χ2n) is 4.86. The van der Waals surface area contributed by atoms with Crippen molar-refractivity contribution in [2.24, 2.45) is 5.16 Å². The number of hydrogen-bond acceptors (Lipinski definition) is 4. The molecule has 6 heteroatoms. The fourth-order valence-corrected chi connectivity index (χ4v) is 1.75. The maximum absolute atomic E-state index is 12.5. The van der Waals surface area contributed by atoms with Crippen molar-refractivity contribution >= 4 is 29.2 Å². The Bertz CT molecular complexity index is 696. The third-order valence-electron chi connectivity index (χ3n) is 2.73. The topological polar surface area (TPSA) is 71.0 Å². The summed E-state index contributed by atoms with van der Waals surface area (Å²) in [7, 11) is 0.